The highest BCUT2D eigenvalue weighted by molar-refractivity contribution is 6.30. The fourth-order valence-corrected chi connectivity index (χ4v) is 2.45. The zero-order valence-corrected chi connectivity index (χ0v) is 10.8. The highest BCUT2D eigenvalue weighted by Crippen LogP contribution is 2.28. The Morgan fingerprint density at radius 3 is 2.78 bits per heavy atom. The van der Waals surface area contributed by atoms with Gasteiger partial charge in [-0.05, 0) is 12.1 Å². The summed E-state index contributed by atoms with van der Waals surface area (Å²) in [5, 5.41) is 12.6. The van der Waals surface area contributed by atoms with E-state index in [1.54, 1.807) is 12.1 Å². The molecular formula is C13H15ClFN3. The summed E-state index contributed by atoms with van der Waals surface area (Å²) in [7, 11) is 0. The van der Waals surface area contributed by atoms with Gasteiger partial charge >= 0.3 is 0 Å². The molecule has 96 valence electrons. The first kappa shape index (κ1) is 13.3. The van der Waals surface area contributed by atoms with Crippen molar-refractivity contribution < 1.29 is 4.39 Å². The van der Waals surface area contributed by atoms with Crippen LogP contribution in [0.5, 0.6) is 0 Å². The van der Waals surface area contributed by atoms with E-state index in [4.69, 9.17) is 16.9 Å². The average molecular weight is 268 g/mol. The molecule has 1 aromatic rings. The third kappa shape index (κ3) is 2.99. The molecule has 0 aliphatic carbocycles. The molecule has 3 nitrogen and oxygen atoms in total. The summed E-state index contributed by atoms with van der Waals surface area (Å²) in [6, 6.07) is 6.62. The first-order valence-corrected chi connectivity index (χ1v) is 6.37. The Labute approximate surface area is 111 Å². The Kier molecular flexibility index (Phi) is 4.54. The lowest BCUT2D eigenvalue weighted by atomic mass is 10.0. The number of rotatable bonds is 3. The first-order valence-electron chi connectivity index (χ1n) is 5.99. The summed E-state index contributed by atoms with van der Waals surface area (Å²) in [6.45, 7) is 3.40. The van der Waals surface area contributed by atoms with Crippen LogP contribution in [0.25, 0.3) is 0 Å². The summed E-state index contributed by atoms with van der Waals surface area (Å²) in [6.07, 6.45) is 0.290. The minimum Gasteiger partial charge on any atom is -0.314 e. The summed E-state index contributed by atoms with van der Waals surface area (Å²) < 4.78 is 13.9. The molecule has 0 spiro atoms. The normalized spacial score (nSPS) is 18.3. The van der Waals surface area contributed by atoms with E-state index in [9.17, 15) is 4.39 Å². The van der Waals surface area contributed by atoms with E-state index in [0.29, 0.717) is 17.0 Å². The van der Waals surface area contributed by atoms with Gasteiger partial charge in [-0.15, -0.1) is 0 Å². The van der Waals surface area contributed by atoms with Crippen LogP contribution in [0.1, 0.15) is 18.0 Å². The molecule has 2 rings (SSSR count). The van der Waals surface area contributed by atoms with Gasteiger partial charge in [0.2, 0.25) is 0 Å². The Bertz CT molecular complexity index is 452. The predicted molar refractivity (Wildman–Crippen MR) is 68.8 cm³/mol. The molecule has 1 aliphatic heterocycles. The van der Waals surface area contributed by atoms with Crippen LogP contribution >= 0.6 is 11.6 Å². The quantitative estimate of drug-likeness (QED) is 0.914. The number of piperazine rings is 1. The van der Waals surface area contributed by atoms with Crippen molar-refractivity contribution in [2.24, 2.45) is 0 Å². The zero-order valence-electron chi connectivity index (χ0n) is 10.00. The summed E-state index contributed by atoms with van der Waals surface area (Å²) in [5.74, 6) is -0.332. The van der Waals surface area contributed by atoms with E-state index in [1.165, 1.54) is 6.07 Å². The topological polar surface area (TPSA) is 39.1 Å². The molecule has 5 heteroatoms. The maximum atomic E-state index is 13.9. The lowest BCUT2D eigenvalue weighted by Gasteiger charge is -2.34. The van der Waals surface area contributed by atoms with Gasteiger partial charge in [0.1, 0.15) is 5.82 Å². The van der Waals surface area contributed by atoms with Crippen molar-refractivity contribution in [1.82, 2.24) is 10.2 Å². The molecular weight excluding hydrogens is 253 g/mol. The molecule has 1 aromatic carbocycles. The number of nitriles is 1. The van der Waals surface area contributed by atoms with E-state index in [-0.39, 0.29) is 11.9 Å². The first-order chi connectivity index (χ1) is 8.72. The molecule has 0 aromatic heterocycles. The van der Waals surface area contributed by atoms with Crippen LogP contribution in [0.15, 0.2) is 18.2 Å². The van der Waals surface area contributed by atoms with Crippen molar-refractivity contribution in [3.8, 4) is 6.07 Å². The maximum Gasteiger partial charge on any atom is 0.129 e. The number of nitrogens with zero attached hydrogens (tertiary/aromatic N) is 2. The second-order valence-electron chi connectivity index (χ2n) is 4.33. The Morgan fingerprint density at radius 2 is 2.17 bits per heavy atom. The molecule has 0 saturated carbocycles. The number of nitrogens with one attached hydrogen (secondary N) is 1. The standard InChI is InChI=1S/C13H15ClFN3/c14-10-1-2-11(12(15)9-10)13(3-4-16)18-7-5-17-6-8-18/h1-2,9,13,17H,3,5-8H2/t13-/m0/s1. The lowest BCUT2D eigenvalue weighted by Crippen LogP contribution is -2.45. The van der Waals surface area contributed by atoms with Crippen LogP contribution in [0.2, 0.25) is 5.02 Å². The van der Waals surface area contributed by atoms with Gasteiger partial charge < -0.3 is 5.32 Å². The number of halogens is 2. The lowest BCUT2D eigenvalue weighted by molar-refractivity contribution is 0.172. The zero-order chi connectivity index (χ0) is 13.0. The monoisotopic (exact) mass is 267 g/mol. The van der Waals surface area contributed by atoms with Gasteiger partial charge in [-0.2, -0.15) is 5.26 Å². The second kappa shape index (κ2) is 6.14. The number of benzene rings is 1. The van der Waals surface area contributed by atoms with Crippen LogP contribution in [0.3, 0.4) is 0 Å². The molecule has 0 unspecified atom stereocenters. The fourth-order valence-electron chi connectivity index (χ4n) is 2.29. The molecule has 1 fully saturated rings. The highest BCUT2D eigenvalue weighted by atomic mass is 35.5. The van der Waals surface area contributed by atoms with Crippen molar-refractivity contribution in [3.63, 3.8) is 0 Å². The van der Waals surface area contributed by atoms with E-state index in [0.717, 1.165) is 26.2 Å². The van der Waals surface area contributed by atoms with Crippen molar-refractivity contribution >= 4 is 11.6 Å². The van der Waals surface area contributed by atoms with E-state index < -0.39 is 0 Å². The number of hydrogen-bond acceptors (Lipinski definition) is 3. The SMILES string of the molecule is N#CC[C@@H](c1ccc(Cl)cc1F)N1CCNCC1. The Morgan fingerprint density at radius 1 is 1.44 bits per heavy atom. The average Bonchev–Trinajstić information content (AvgIpc) is 2.38. The smallest absolute Gasteiger partial charge is 0.129 e. The van der Waals surface area contributed by atoms with E-state index >= 15 is 0 Å². The molecule has 1 aliphatic rings. The van der Waals surface area contributed by atoms with Gasteiger partial charge in [0.15, 0.2) is 0 Å². The van der Waals surface area contributed by atoms with Gasteiger partial charge in [0.25, 0.3) is 0 Å². The molecule has 1 saturated heterocycles. The van der Waals surface area contributed by atoms with Gasteiger partial charge in [-0.25, -0.2) is 4.39 Å². The molecule has 0 bridgehead atoms. The third-order valence-corrected chi connectivity index (χ3v) is 3.43. The van der Waals surface area contributed by atoms with Crippen molar-refractivity contribution in [3.05, 3.63) is 34.6 Å². The van der Waals surface area contributed by atoms with Crippen LogP contribution in [-0.4, -0.2) is 31.1 Å². The predicted octanol–water partition coefficient (Wildman–Crippen LogP) is 2.34. The molecule has 1 heterocycles. The highest BCUT2D eigenvalue weighted by Gasteiger charge is 2.24. The van der Waals surface area contributed by atoms with Crippen LogP contribution in [0, 0.1) is 17.1 Å². The van der Waals surface area contributed by atoms with Crippen molar-refractivity contribution in [2.45, 2.75) is 12.5 Å². The molecule has 1 atom stereocenters. The Balaban J connectivity index is 2.25. The van der Waals surface area contributed by atoms with E-state index in [1.807, 2.05) is 0 Å². The largest absolute Gasteiger partial charge is 0.314 e. The van der Waals surface area contributed by atoms with Gasteiger partial charge in [0.05, 0.1) is 18.5 Å². The van der Waals surface area contributed by atoms with Crippen LogP contribution in [0.4, 0.5) is 4.39 Å². The summed E-state index contributed by atoms with van der Waals surface area (Å²) in [4.78, 5) is 2.14. The van der Waals surface area contributed by atoms with Gasteiger partial charge in [-0.1, -0.05) is 17.7 Å². The van der Waals surface area contributed by atoms with E-state index in [2.05, 4.69) is 16.3 Å². The minimum atomic E-state index is -0.332. The summed E-state index contributed by atoms with van der Waals surface area (Å²) >= 11 is 5.76. The van der Waals surface area contributed by atoms with Gasteiger partial charge in [0, 0.05) is 36.8 Å². The maximum absolute atomic E-state index is 13.9. The van der Waals surface area contributed by atoms with Crippen molar-refractivity contribution in [1.29, 1.82) is 5.26 Å². The van der Waals surface area contributed by atoms with Crippen LogP contribution < -0.4 is 5.32 Å². The van der Waals surface area contributed by atoms with Crippen molar-refractivity contribution in [2.75, 3.05) is 26.2 Å². The third-order valence-electron chi connectivity index (χ3n) is 3.20. The molecule has 18 heavy (non-hydrogen) atoms. The molecule has 0 radical (unpaired) electrons. The number of hydrogen-bond donors (Lipinski definition) is 1. The fraction of sp³-hybridized carbons (Fsp3) is 0.462. The Hall–Kier alpha value is -1.15. The second-order valence-corrected chi connectivity index (χ2v) is 4.77. The van der Waals surface area contributed by atoms with Crippen LogP contribution in [-0.2, 0) is 0 Å². The molecule has 0 amide bonds. The summed E-state index contributed by atoms with van der Waals surface area (Å²) in [5.41, 5.74) is 0.558. The van der Waals surface area contributed by atoms with Gasteiger partial charge in [-0.3, -0.25) is 4.90 Å². The minimum absolute atomic E-state index is 0.186. The molecule has 1 N–H and O–H groups in total.